The lowest BCUT2D eigenvalue weighted by molar-refractivity contribution is -0.120. The molecular formula is C15H20N2O4S. The van der Waals surface area contributed by atoms with Crippen molar-refractivity contribution in [2.45, 2.75) is 25.2 Å². The molecule has 1 unspecified atom stereocenters. The average molecular weight is 324 g/mol. The van der Waals surface area contributed by atoms with Crippen LogP contribution in [-0.4, -0.2) is 44.6 Å². The molecule has 0 aliphatic carbocycles. The van der Waals surface area contributed by atoms with Crippen LogP contribution in [0.2, 0.25) is 0 Å². The Kier molecular flexibility index (Phi) is 3.65. The van der Waals surface area contributed by atoms with Gasteiger partial charge in [-0.3, -0.25) is 4.79 Å². The monoisotopic (exact) mass is 324 g/mol. The van der Waals surface area contributed by atoms with Crippen molar-refractivity contribution in [3.05, 3.63) is 23.8 Å². The van der Waals surface area contributed by atoms with E-state index in [1.165, 1.54) is 4.31 Å². The quantitative estimate of drug-likeness (QED) is 0.906. The Labute approximate surface area is 130 Å². The lowest BCUT2D eigenvalue weighted by atomic mass is 9.81. The van der Waals surface area contributed by atoms with Gasteiger partial charge in [-0.25, -0.2) is 12.7 Å². The molecule has 120 valence electrons. The first kappa shape index (κ1) is 15.3. The zero-order valence-electron chi connectivity index (χ0n) is 12.8. The van der Waals surface area contributed by atoms with Crippen molar-refractivity contribution in [2.75, 3.05) is 31.3 Å². The number of benzene rings is 1. The number of rotatable bonds is 4. The van der Waals surface area contributed by atoms with E-state index in [1.807, 2.05) is 19.1 Å². The molecule has 0 bridgehead atoms. The predicted octanol–water partition coefficient (Wildman–Crippen LogP) is 1.33. The third-order valence-corrected chi connectivity index (χ3v) is 6.54. The number of carbonyl (C=O) groups is 1. The molecule has 0 radical (unpaired) electrons. The van der Waals surface area contributed by atoms with Crippen LogP contribution in [0.4, 0.5) is 5.69 Å². The highest BCUT2D eigenvalue weighted by Crippen LogP contribution is 2.46. The normalized spacial score (nSPS) is 24.5. The third-order valence-electron chi connectivity index (χ3n) is 4.51. The van der Waals surface area contributed by atoms with E-state index in [0.29, 0.717) is 25.1 Å². The Morgan fingerprint density at radius 3 is 2.86 bits per heavy atom. The molecule has 22 heavy (non-hydrogen) atoms. The smallest absolute Gasteiger partial charge is 0.236 e. The molecule has 2 aliphatic rings. The van der Waals surface area contributed by atoms with Crippen LogP contribution < -0.4 is 10.1 Å². The topological polar surface area (TPSA) is 75.7 Å². The van der Waals surface area contributed by atoms with E-state index >= 15 is 0 Å². The summed E-state index contributed by atoms with van der Waals surface area (Å²) in [6.07, 6.45) is 1.07. The highest BCUT2D eigenvalue weighted by atomic mass is 32.2. The predicted molar refractivity (Wildman–Crippen MR) is 83.6 cm³/mol. The van der Waals surface area contributed by atoms with Crippen LogP contribution in [-0.2, 0) is 20.2 Å². The maximum Gasteiger partial charge on any atom is 0.236 e. The second-order valence-electron chi connectivity index (χ2n) is 5.85. The zero-order chi connectivity index (χ0) is 16.0. The molecule has 1 N–H and O–H groups in total. The average Bonchev–Trinajstić information content (AvgIpc) is 3.04. The Balaban J connectivity index is 1.98. The first-order valence-electron chi connectivity index (χ1n) is 7.41. The molecule has 1 spiro atoms. The van der Waals surface area contributed by atoms with Crippen LogP contribution >= 0.6 is 0 Å². The number of carbonyl (C=O) groups excluding carboxylic acids is 1. The molecule has 7 heteroatoms. The summed E-state index contributed by atoms with van der Waals surface area (Å²) in [6.45, 7) is 2.43. The minimum atomic E-state index is -3.29. The standard InChI is InChI=1S/C15H20N2O4S/c1-3-8-22(19,20)17-7-6-15(10-17)12-9-11(21-2)4-5-13(12)16-14(15)18/h4-5,9H,3,6-8,10H2,1-2H3,(H,16,18). The molecule has 2 heterocycles. The van der Waals surface area contributed by atoms with Crippen molar-refractivity contribution in [3.63, 3.8) is 0 Å². The van der Waals surface area contributed by atoms with E-state index in [2.05, 4.69) is 5.32 Å². The fourth-order valence-corrected chi connectivity index (χ4v) is 4.88. The summed E-state index contributed by atoms with van der Waals surface area (Å²) in [4.78, 5) is 12.5. The number of fused-ring (bicyclic) bond motifs is 2. The summed E-state index contributed by atoms with van der Waals surface area (Å²) in [5.41, 5.74) is 0.802. The van der Waals surface area contributed by atoms with Crippen LogP contribution in [0.15, 0.2) is 18.2 Å². The number of methoxy groups -OCH3 is 1. The van der Waals surface area contributed by atoms with Gasteiger partial charge in [-0.05, 0) is 36.6 Å². The van der Waals surface area contributed by atoms with Crippen molar-refractivity contribution in [3.8, 4) is 5.75 Å². The second kappa shape index (κ2) is 5.24. The minimum Gasteiger partial charge on any atom is -0.497 e. The van der Waals surface area contributed by atoms with Crippen LogP contribution in [0.3, 0.4) is 0 Å². The van der Waals surface area contributed by atoms with Crippen molar-refractivity contribution in [1.82, 2.24) is 4.31 Å². The molecule has 1 aromatic rings. The maximum absolute atomic E-state index is 12.5. The minimum absolute atomic E-state index is 0.120. The van der Waals surface area contributed by atoms with Crippen molar-refractivity contribution in [1.29, 1.82) is 0 Å². The van der Waals surface area contributed by atoms with Gasteiger partial charge in [0.1, 0.15) is 5.75 Å². The first-order valence-corrected chi connectivity index (χ1v) is 9.01. The van der Waals surface area contributed by atoms with Gasteiger partial charge in [0.05, 0.1) is 18.3 Å². The summed E-state index contributed by atoms with van der Waals surface area (Å²) in [7, 11) is -1.72. The van der Waals surface area contributed by atoms with Crippen LogP contribution in [0.1, 0.15) is 25.3 Å². The van der Waals surface area contributed by atoms with Gasteiger partial charge in [-0.2, -0.15) is 0 Å². The summed E-state index contributed by atoms with van der Waals surface area (Å²) in [5, 5.41) is 2.87. The van der Waals surface area contributed by atoms with E-state index in [0.717, 1.165) is 11.3 Å². The molecule has 2 aliphatic heterocycles. The van der Waals surface area contributed by atoms with Crippen molar-refractivity contribution < 1.29 is 17.9 Å². The van der Waals surface area contributed by atoms with E-state index in [4.69, 9.17) is 4.74 Å². The first-order chi connectivity index (χ1) is 10.4. The van der Waals surface area contributed by atoms with Gasteiger partial charge in [0, 0.05) is 18.8 Å². The number of amides is 1. The number of sulfonamides is 1. The fourth-order valence-electron chi connectivity index (χ4n) is 3.32. The zero-order valence-corrected chi connectivity index (χ0v) is 13.6. The number of hydrogen-bond acceptors (Lipinski definition) is 4. The van der Waals surface area contributed by atoms with E-state index in [-0.39, 0.29) is 18.2 Å². The van der Waals surface area contributed by atoms with Crippen LogP contribution in [0.25, 0.3) is 0 Å². The van der Waals surface area contributed by atoms with Gasteiger partial charge in [-0.1, -0.05) is 6.92 Å². The fraction of sp³-hybridized carbons (Fsp3) is 0.533. The lowest BCUT2D eigenvalue weighted by Crippen LogP contribution is -2.39. The molecule has 0 saturated carbocycles. The van der Waals surface area contributed by atoms with Gasteiger partial charge in [-0.15, -0.1) is 0 Å². The molecule has 3 rings (SSSR count). The molecule has 1 saturated heterocycles. The number of nitrogens with one attached hydrogen (secondary N) is 1. The molecule has 1 aromatic carbocycles. The number of hydrogen-bond donors (Lipinski definition) is 1. The highest BCUT2D eigenvalue weighted by molar-refractivity contribution is 7.89. The van der Waals surface area contributed by atoms with Crippen molar-refractivity contribution in [2.24, 2.45) is 0 Å². The molecule has 1 amide bonds. The highest BCUT2D eigenvalue weighted by Gasteiger charge is 2.53. The molecular weight excluding hydrogens is 304 g/mol. The van der Waals surface area contributed by atoms with Gasteiger partial charge in [0.25, 0.3) is 0 Å². The molecule has 0 aromatic heterocycles. The van der Waals surface area contributed by atoms with Crippen LogP contribution in [0.5, 0.6) is 5.75 Å². The van der Waals surface area contributed by atoms with Gasteiger partial charge in [0.15, 0.2) is 0 Å². The molecule has 1 fully saturated rings. The van der Waals surface area contributed by atoms with E-state index in [1.54, 1.807) is 13.2 Å². The number of nitrogens with zero attached hydrogens (tertiary/aromatic N) is 1. The summed E-state index contributed by atoms with van der Waals surface area (Å²) in [6, 6.07) is 5.44. The Bertz CT molecular complexity index is 716. The van der Waals surface area contributed by atoms with Gasteiger partial charge < -0.3 is 10.1 Å². The lowest BCUT2D eigenvalue weighted by Gasteiger charge is -2.22. The summed E-state index contributed by atoms with van der Waals surface area (Å²) >= 11 is 0. The molecule has 1 atom stereocenters. The van der Waals surface area contributed by atoms with Crippen LogP contribution in [0, 0.1) is 0 Å². The van der Waals surface area contributed by atoms with Gasteiger partial charge >= 0.3 is 0 Å². The number of anilines is 1. The maximum atomic E-state index is 12.5. The van der Waals surface area contributed by atoms with Crippen molar-refractivity contribution >= 4 is 21.6 Å². The SMILES string of the molecule is CCCS(=O)(=O)N1CCC2(C1)C(=O)Nc1ccc(OC)cc12. The Morgan fingerprint density at radius 2 is 2.18 bits per heavy atom. The Hall–Kier alpha value is -1.60. The second-order valence-corrected chi connectivity index (χ2v) is 7.94. The van der Waals surface area contributed by atoms with Gasteiger partial charge in [0.2, 0.25) is 15.9 Å². The van der Waals surface area contributed by atoms with E-state index in [9.17, 15) is 13.2 Å². The molecule has 6 nitrogen and oxygen atoms in total. The summed E-state index contributed by atoms with van der Waals surface area (Å²) in [5.74, 6) is 0.671. The third kappa shape index (κ3) is 2.19. The Morgan fingerprint density at radius 1 is 1.41 bits per heavy atom. The number of ether oxygens (including phenoxy) is 1. The largest absolute Gasteiger partial charge is 0.497 e. The van der Waals surface area contributed by atoms with E-state index < -0.39 is 15.4 Å². The summed E-state index contributed by atoms with van der Waals surface area (Å²) < 4.78 is 31.3.